The summed E-state index contributed by atoms with van der Waals surface area (Å²) in [4.78, 5) is 24.6. The van der Waals surface area contributed by atoms with E-state index in [2.05, 4.69) is 20.3 Å². The minimum absolute atomic E-state index is 0.198. The van der Waals surface area contributed by atoms with Gasteiger partial charge in [0.1, 0.15) is 12.4 Å². The van der Waals surface area contributed by atoms with Crippen molar-refractivity contribution in [2.24, 2.45) is 0 Å². The number of carbonyl (C=O) groups excluding carboxylic acids is 1. The first-order valence-corrected chi connectivity index (χ1v) is 11.3. The number of hydrogen-bond donors (Lipinski definition) is 2. The fourth-order valence-corrected chi connectivity index (χ4v) is 4.00. The van der Waals surface area contributed by atoms with Gasteiger partial charge in [-0.25, -0.2) is 9.37 Å². The van der Waals surface area contributed by atoms with Gasteiger partial charge in [0.25, 0.3) is 0 Å². The predicted octanol–water partition coefficient (Wildman–Crippen LogP) is 5.91. The Labute approximate surface area is 201 Å². The van der Waals surface area contributed by atoms with Gasteiger partial charge >= 0.3 is 0 Å². The number of anilines is 1. The van der Waals surface area contributed by atoms with Crippen molar-refractivity contribution in [3.63, 3.8) is 0 Å². The summed E-state index contributed by atoms with van der Waals surface area (Å²) < 4.78 is 19.9. The van der Waals surface area contributed by atoms with Gasteiger partial charge in [-0.15, -0.1) is 0 Å². The van der Waals surface area contributed by atoms with E-state index in [0.717, 1.165) is 33.3 Å². The number of aromatic amines is 1. The third-order valence-electron chi connectivity index (χ3n) is 5.70. The van der Waals surface area contributed by atoms with Gasteiger partial charge in [-0.2, -0.15) is 0 Å². The van der Waals surface area contributed by atoms with Crippen molar-refractivity contribution >= 4 is 22.6 Å². The van der Waals surface area contributed by atoms with E-state index in [-0.39, 0.29) is 18.1 Å². The van der Waals surface area contributed by atoms with Crippen molar-refractivity contribution in [2.45, 2.75) is 19.4 Å². The first-order valence-electron chi connectivity index (χ1n) is 11.3. The summed E-state index contributed by atoms with van der Waals surface area (Å²) in [6.45, 7) is 0.332. The number of ether oxygens (including phenoxy) is 1. The van der Waals surface area contributed by atoms with Crippen LogP contribution in [-0.4, -0.2) is 20.9 Å². The first-order chi connectivity index (χ1) is 17.2. The molecule has 5 aromatic rings. The van der Waals surface area contributed by atoms with Gasteiger partial charge in [-0.05, 0) is 65.6 Å². The second-order valence-electron chi connectivity index (χ2n) is 8.08. The number of nitrogens with zero attached hydrogens (tertiary/aromatic N) is 2. The van der Waals surface area contributed by atoms with Crippen LogP contribution in [-0.2, 0) is 17.8 Å². The highest BCUT2D eigenvalue weighted by Gasteiger charge is 2.16. The molecule has 3 heterocycles. The minimum Gasteiger partial charge on any atom is -0.485 e. The lowest BCUT2D eigenvalue weighted by Gasteiger charge is -2.12. The molecule has 3 aromatic heterocycles. The summed E-state index contributed by atoms with van der Waals surface area (Å²) in [5, 5.41) is 3.63. The van der Waals surface area contributed by atoms with Crippen molar-refractivity contribution in [3.05, 3.63) is 108 Å². The summed E-state index contributed by atoms with van der Waals surface area (Å²) >= 11 is 0. The molecule has 0 bridgehead atoms. The molecule has 0 fully saturated rings. The minimum atomic E-state index is -0.314. The summed E-state index contributed by atoms with van der Waals surface area (Å²) in [5.74, 6) is 0.324. The number of rotatable bonds is 8. The maximum absolute atomic E-state index is 14.0. The van der Waals surface area contributed by atoms with Crippen molar-refractivity contribution in [2.75, 3.05) is 5.32 Å². The quantitative estimate of drug-likeness (QED) is 0.298. The SMILES string of the molecule is O=C(CCc1c(-c2ccccc2)[nH]c2ccc(F)cc12)Nc1ncccc1OCc1ccncc1. The second kappa shape index (κ2) is 10.2. The molecular formula is C28H23FN4O2. The molecule has 6 nitrogen and oxygen atoms in total. The molecule has 0 spiro atoms. The van der Waals surface area contributed by atoms with Gasteiger partial charge < -0.3 is 15.0 Å². The topological polar surface area (TPSA) is 79.9 Å². The highest BCUT2D eigenvalue weighted by atomic mass is 19.1. The summed E-state index contributed by atoms with van der Waals surface area (Å²) in [5.41, 5.74) is 4.56. The highest BCUT2D eigenvalue weighted by Crippen LogP contribution is 2.32. The number of pyridine rings is 2. The monoisotopic (exact) mass is 466 g/mol. The molecule has 2 aromatic carbocycles. The molecule has 174 valence electrons. The van der Waals surface area contributed by atoms with E-state index in [0.29, 0.717) is 24.6 Å². The highest BCUT2D eigenvalue weighted by molar-refractivity contribution is 5.94. The molecule has 0 radical (unpaired) electrons. The van der Waals surface area contributed by atoms with Crippen LogP contribution < -0.4 is 10.1 Å². The zero-order valence-corrected chi connectivity index (χ0v) is 18.9. The van der Waals surface area contributed by atoms with Crippen LogP contribution in [0.15, 0.2) is 91.4 Å². The lowest BCUT2D eigenvalue weighted by atomic mass is 10.0. The molecular weight excluding hydrogens is 443 g/mol. The van der Waals surface area contributed by atoms with Crippen LogP contribution in [0.1, 0.15) is 17.5 Å². The van der Waals surface area contributed by atoms with E-state index < -0.39 is 0 Å². The maximum atomic E-state index is 14.0. The number of benzene rings is 2. The van der Waals surface area contributed by atoms with Crippen LogP contribution in [0.5, 0.6) is 5.75 Å². The normalized spacial score (nSPS) is 10.9. The smallest absolute Gasteiger partial charge is 0.225 e. The molecule has 35 heavy (non-hydrogen) atoms. The van der Waals surface area contributed by atoms with Crippen LogP contribution in [0, 0.1) is 5.82 Å². The van der Waals surface area contributed by atoms with Crippen molar-refractivity contribution < 1.29 is 13.9 Å². The number of H-pyrrole nitrogens is 1. The Balaban J connectivity index is 1.32. The summed E-state index contributed by atoms with van der Waals surface area (Å²) in [7, 11) is 0. The molecule has 7 heteroatoms. The zero-order valence-electron chi connectivity index (χ0n) is 18.9. The van der Waals surface area contributed by atoms with Crippen LogP contribution >= 0.6 is 0 Å². The van der Waals surface area contributed by atoms with E-state index in [1.807, 2.05) is 42.5 Å². The second-order valence-corrected chi connectivity index (χ2v) is 8.08. The Morgan fingerprint density at radius 1 is 0.971 bits per heavy atom. The summed E-state index contributed by atoms with van der Waals surface area (Å²) in [6, 6.07) is 21.7. The fourth-order valence-electron chi connectivity index (χ4n) is 4.00. The standard InChI is InChI=1S/C28H23FN4O2/c29-21-8-10-24-23(17-21)22(27(32-24)20-5-2-1-3-6-20)9-11-26(34)33-28-25(7-4-14-31-28)35-18-19-12-15-30-16-13-19/h1-8,10,12-17,32H,9,11,18H2,(H,31,33,34). The number of amides is 1. The Hall–Kier alpha value is -4.52. The predicted molar refractivity (Wildman–Crippen MR) is 133 cm³/mol. The number of nitrogens with one attached hydrogen (secondary N) is 2. The molecule has 0 atom stereocenters. The molecule has 5 rings (SSSR count). The third-order valence-corrected chi connectivity index (χ3v) is 5.70. The fraction of sp³-hybridized carbons (Fsp3) is 0.107. The Morgan fingerprint density at radius 3 is 2.63 bits per heavy atom. The average Bonchev–Trinajstić information content (AvgIpc) is 3.25. The first kappa shape index (κ1) is 22.3. The zero-order chi connectivity index (χ0) is 24.0. The Bertz CT molecular complexity index is 1450. The number of aryl methyl sites for hydroxylation is 1. The molecule has 0 aliphatic carbocycles. The van der Waals surface area contributed by atoms with E-state index >= 15 is 0 Å². The van der Waals surface area contributed by atoms with E-state index in [9.17, 15) is 9.18 Å². The lowest BCUT2D eigenvalue weighted by Crippen LogP contribution is -2.14. The van der Waals surface area contributed by atoms with Gasteiger partial charge in [0.05, 0.1) is 0 Å². The van der Waals surface area contributed by atoms with Crippen molar-refractivity contribution in [1.82, 2.24) is 15.0 Å². The van der Waals surface area contributed by atoms with Crippen LogP contribution in [0.3, 0.4) is 0 Å². The average molecular weight is 467 g/mol. The molecule has 0 unspecified atom stereocenters. The van der Waals surface area contributed by atoms with Crippen LogP contribution in [0.4, 0.5) is 10.2 Å². The van der Waals surface area contributed by atoms with Gasteiger partial charge in [0, 0.05) is 41.6 Å². The molecule has 0 saturated heterocycles. The van der Waals surface area contributed by atoms with Crippen molar-refractivity contribution in [3.8, 4) is 17.0 Å². The third kappa shape index (κ3) is 5.19. The summed E-state index contributed by atoms with van der Waals surface area (Å²) in [6.07, 6.45) is 5.63. The number of hydrogen-bond acceptors (Lipinski definition) is 4. The molecule has 0 aliphatic rings. The lowest BCUT2D eigenvalue weighted by molar-refractivity contribution is -0.116. The Morgan fingerprint density at radius 2 is 1.80 bits per heavy atom. The van der Waals surface area contributed by atoms with E-state index in [4.69, 9.17) is 4.74 Å². The molecule has 0 aliphatic heterocycles. The molecule has 2 N–H and O–H groups in total. The van der Waals surface area contributed by atoms with E-state index in [1.165, 1.54) is 12.1 Å². The van der Waals surface area contributed by atoms with Gasteiger partial charge in [0.15, 0.2) is 11.6 Å². The Kier molecular flexibility index (Phi) is 6.48. The number of halogens is 1. The number of aromatic nitrogens is 3. The number of fused-ring (bicyclic) bond motifs is 1. The van der Waals surface area contributed by atoms with Crippen LogP contribution in [0.25, 0.3) is 22.2 Å². The largest absolute Gasteiger partial charge is 0.485 e. The van der Waals surface area contributed by atoms with Gasteiger partial charge in [-0.1, -0.05) is 30.3 Å². The molecule has 1 amide bonds. The van der Waals surface area contributed by atoms with Crippen LogP contribution in [0.2, 0.25) is 0 Å². The number of carbonyl (C=O) groups is 1. The van der Waals surface area contributed by atoms with Gasteiger partial charge in [-0.3, -0.25) is 9.78 Å². The molecule has 0 saturated carbocycles. The van der Waals surface area contributed by atoms with E-state index in [1.54, 1.807) is 36.8 Å². The maximum Gasteiger partial charge on any atom is 0.225 e. The van der Waals surface area contributed by atoms with Crippen molar-refractivity contribution in [1.29, 1.82) is 0 Å². The van der Waals surface area contributed by atoms with Gasteiger partial charge in [0.2, 0.25) is 5.91 Å².